The van der Waals surface area contributed by atoms with E-state index < -0.39 is 0 Å². The van der Waals surface area contributed by atoms with Crippen LogP contribution in [0, 0.1) is 5.92 Å². The molecule has 1 N–H and O–H groups in total. The van der Waals surface area contributed by atoms with Gasteiger partial charge in [-0.05, 0) is 24.0 Å². The molecule has 5 heterocycles. The van der Waals surface area contributed by atoms with E-state index in [2.05, 4.69) is 31.9 Å². The van der Waals surface area contributed by atoms with Gasteiger partial charge in [-0.15, -0.1) is 5.10 Å². The maximum Gasteiger partial charge on any atom is 0.322 e. The number of piperidine rings is 1. The van der Waals surface area contributed by atoms with Crippen molar-refractivity contribution in [2.24, 2.45) is 5.92 Å². The van der Waals surface area contributed by atoms with E-state index in [1.807, 2.05) is 28.8 Å². The third kappa shape index (κ3) is 4.88. The second-order valence-corrected chi connectivity index (χ2v) is 10.8. The van der Waals surface area contributed by atoms with E-state index in [9.17, 15) is 14.4 Å². The zero-order chi connectivity index (χ0) is 25.4. The maximum absolute atomic E-state index is 13.2. The Labute approximate surface area is 218 Å². The van der Waals surface area contributed by atoms with Crippen LogP contribution in [0.4, 0.5) is 9.80 Å². The average molecular weight is 520 g/mol. The number of likely N-dealkylation sites (tertiary alicyclic amines) is 1. The predicted octanol–water partition coefficient (Wildman–Crippen LogP) is 2.31. The van der Waals surface area contributed by atoms with E-state index in [1.54, 1.807) is 21.9 Å². The summed E-state index contributed by atoms with van der Waals surface area (Å²) < 4.78 is 5.81. The number of piperazine rings is 1. The Hall–Kier alpha value is -3.57. The van der Waals surface area contributed by atoms with Crippen LogP contribution in [0.15, 0.2) is 53.3 Å². The van der Waals surface area contributed by atoms with Crippen LogP contribution in [0.25, 0.3) is 0 Å². The number of hydrogen-bond acceptors (Lipinski definition) is 7. The topological polar surface area (TPSA) is 104 Å². The Balaban J connectivity index is 1.08. The van der Waals surface area contributed by atoms with Crippen LogP contribution >= 0.6 is 11.5 Å². The first-order valence-electron chi connectivity index (χ1n) is 12.7. The minimum Gasteiger partial charge on any atom is -0.335 e. The van der Waals surface area contributed by atoms with E-state index in [0.29, 0.717) is 37.7 Å². The molecule has 0 spiro atoms. The molecule has 2 bridgehead atoms. The summed E-state index contributed by atoms with van der Waals surface area (Å²) in [7, 11) is 0. The highest BCUT2D eigenvalue weighted by atomic mass is 32.1. The number of nitrogens with zero attached hydrogens (tertiary/aromatic N) is 6. The lowest BCUT2D eigenvalue weighted by Gasteiger charge is -2.42. The molecular formula is C26H29N7O3S. The van der Waals surface area contributed by atoms with Gasteiger partial charge in [0.05, 0.1) is 0 Å². The maximum atomic E-state index is 13.2. The molecule has 192 valence electrons. The number of carbonyl (C=O) groups excluding carboxylic acids is 2. The Bertz CT molecular complexity index is 1350. The van der Waals surface area contributed by atoms with Gasteiger partial charge in [0.2, 0.25) is 0 Å². The number of hydrogen-bond donors (Lipinski definition) is 1. The number of nitrogens with one attached hydrogen (secondary N) is 1. The Morgan fingerprint density at radius 3 is 2.57 bits per heavy atom. The van der Waals surface area contributed by atoms with Crippen LogP contribution in [-0.2, 0) is 13.1 Å². The molecule has 10 nitrogen and oxygen atoms in total. The molecule has 2 aromatic heterocycles. The molecule has 6 rings (SSSR count). The second kappa shape index (κ2) is 10.1. The van der Waals surface area contributed by atoms with Gasteiger partial charge in [0, 0.05) is 81.6 Å². The molecule has 3 aromatic rings. The summed E-state index contributed by atoms with van der Waals surface area (Å²) in [5.74, 6) is 0.150. The van der Waals surface area contributed by atoms with Crippen LogP contribution in [0.5, 0.6) is 0 Å². The van der Waals surface area contributed by atoms with Gasteiger partial charge < -0.3 is 14.4 Å². The van der Waals surface area contributed by atoms with Crippen LogP contribution in [0.3, 0.4) is 0 Å². The van der Waals surface area contributed by atoms with Crippen LogP contribution in [-0.4, -0.2) is 80.1 Å². The number of amides is 3. The standard InChI is InChI=1S/C26H29N7O3S/c34-22-8-4-7-21-20-13-19(16-33(21)22)15-32(17-20)26(36)27-24-23(28-29-37-24)25(35)31-11-9-30(10-12-31)14-18-5-2-1-3-6-18/h1-8,19-20H,9-17H2,(H,27,36)/t19-,20+/m0/s1. The number of rotatable bonds is 4. The quantitative estimate of drug-likeness (QED) is 0.568. The van der Waals surface area contributed by atoms with Crippen molar-refractivity contribution in [3.63, 3.8) is 0 Å². The van der Waals surface area contributed by atoms with E-state index in [-0.39, 0.29) is 35.0 Å². The third-order valence-corrected chi connectivity index (χ3v) is 8.23. The molecule has 0 aliphatic carbocycles. The van der Waals surface area contributed by atoms with E-state index in [0.717, 1.165) is 43.3 Å². The Morgan fingerprint density at radius 2 is 1.76 bits per heavy atom. The number of aromatic nitrogens is 3. The molecule has 2 fully saturated rings. The molecular weight excluding hydrogens is 490 g/mol. The number of urea groups is 1. The molecule has 0 saturated carbocycles. The van der Waals surface area contributed by atoms with E-state index >= 15 is 0 Å². The molecule has 3 amide bonds. The highest BCUT2D eigenvalue weighted by Crippen LogP contribution is 2.35. The van der Waals surface area contributed by atoms with Gasteiger partial charge in [0.25, 0.3) is 11.5 Å². The molecule has 3 aliphatic heterocycles. The van der Waals surface area contributed by atoms with Crippen molar-refractivity contribution in [2.45, 2.75) is 25.4 Å². The first kappa shape index (κ1) is 23.8. The summed E-state index contributed by atoms with van der Waals surface area (Å²) in [5.41, 5.74) is 2.46. The fourth-order valence-corrected chi connectivity index (χ4v) is 6.30. The molecule has 2 saturated heterocycles. The largest absolute Gasteiger partial charge is 0.335 e. The van der Waals surface area contributed by atoms with Gasteiger partial charge in [-0.3, -0.25) is 19.8 Å². The Morgan fingerprint density at radius 1 is 0.946 bits per heavy atom. The van der Waals surface area contributed by atoms with Crippen LogP contribution in [0.2, 0.25) is 0 Å². The molecule has 3 aliphatic rings. The van der Waals surface area contributed by atoms with Crippen molar-refractivity contribution < 1.29 is 9.59 Å². The SMILES string of the molecule is O=C(Nc1snnc1C(=O)N1CCN(Cc2ccccc2)CC1)N1C[C@@H]2C[C@H](C1)c1cccc(=O)n1C2. The number of benzene rings is 1. The fourth-order valence-electron chi connectivity index (χ4n) is 5.75. The lowest BCUT2D eigenvalue weighted by atomic mass is 9.83. The van der Waals surface area contributed by atoms with Crippen LogP contribution < -0.4 is 10.9 Å². The fraction of sp³-hybridized carbons (Fsp3) is 0.423. The van der Waals surface area contributed by atoms with Gasteiger partial charge in [0.1, 0.15) is 0 Å². The summed E-state index contributed by atoms with van der Waals surface area (Å²) in [4.78, 5) is 44.6. The van der Waals surface area contributed by atoms with Gasteiger partial charge in [-0.1, -0.05) is 40.9 Å². The molecule has 0 unspecified atom stereocenters. The minimum absolute atomic E-state index is 0.0184. The monoisotopic (exact) mass is 519 g/mol. The normalized spacial score (nSPS) is 21.4. The van der Waals surface area contributed by atoms with Crippen LogP contribution in [0.1, 0.15) is 34.1 Å². The van der Waals surface area contributed by atoms with Gasteiger partial charge in [-0.25, -0.2) is 4.79 Å². The van der Waals surface area contributed by atoms with Crippen molar-refractivity contribution in [3.8, 4) is 0 Å². The first-order valence-corrected chi connectivity index (χ1v) is 13.5. The highest BCUT2D eigenvalue weighted by molar-refractivity contribution is 7.10. The van der Waals surface area contributed by atoms with E-state index in [1.165, 1.54) is 5.56 Å². The van der Waals surface area contributed by atoms with Crippen molar-refractivity contribution in [3.05, 3.63) is 75.8 Å². The number of carbonyl (C=O) groups is 2. The number of pyridine rings is 1. The third-order valence-electron chi connectivity index (χ3n) is 7.59. The zero-order valence-corrected chi connectivity index (χ0v) is 21.3. The smallest absolute Gasteiger partial charge is 0.322 e. The molecule has 0 radical (unpaired) electrons. The summed E-state index contributed by atoms with van der Waals surface area (Å²) in [6.45, 7) is 5.35. The zero-order valence-electron chi connectivity index (χ0n) is 20.5. The lowest BCUT2D eigenvalue weighted by molar-refractivity contribution is 0.0623. The summed E-state index contributed by atoms with van der Waals surface area (Å²) in [5, 5.41) is 7.35. The molecule has 1 aromatic carbocycles. The van der Waals surface area contributed by atoms with Crippen molar-refractivity contribution in [1.29, 1.82) is 0 Å². The summed E-state index contributed by atoms with van der Waals surface area (Å²) in [6, 6.07) is 15.4. The predicted molar refractivity (Wildman–Crippen MR) is 140 cm³/mol. The van der Waals surface area contributed by atoms with Gasteiger partial charge >= 0.3 is 6.03 Å². The molecule has 2 atom stereocenters. The van der Waals surface area contributed by atoms with E-state index in [4.69, 9.17) is 0 Å². The second-order valence-electron chi connectivity index (χ2n) is 10.0. The van der Waals surface area contributed by atoms with Crippen molar-refractivity contribution in [1.82, 2.24) is 28.9 Å². The average Bonchev–Trinajstić information content (AvgIpc) is 3.38. The minimum atomic E-state index is -0.255. The first-order chi connectivity index (χ1) is 18.0. The molecule has 11 heteroatoms. The summed E-state index contributed by atoms with van der Waals surface area (Å²) >= 11 is 1.03. The number of fused-ring (bicyclic) bond motifs is 4. The van der Waals surface area contributed by atoms with Crippen molar-refractivity contribution in [2.75, 3.05) is 44.6 Å². The van der Waals surface area contributed by atoms with Gasteiger partial charge in [0.15, 0.2) is 10.7 Å². The highest BCUT2D eigenvalue weighted by Gasteiger charge is 2.37. The van der Waals surface area contributed by atoms with Gasteiger partial charge in [-0.2, -0.15) is 0 Å². The number of anilines is 1. The van der Waals surface area contributed by atoms with Crippen molar-refractivity contribution >= 4 is 28.5 Å². The summed E-state index contributed by atoms with van der Waals surface area (Å²) in [6.07, 6.45) is 0.968. The lowest BCUT2D eigenvalue weighted by Crippen LogP contribution is -2.50. The molecule has 37 heavy (non-hydrogen) atoms. The Kier molecular flexibility index (Phi) is 6.47.